The Kier molecular flexibility index (Phi) is 10.8. The fourth-order valence-electron chi connectivity index (χ4n) is 2.66. The molecule has 0 aliphatic heterocycles. The Balaban J connectivity index is 1.89. The highest BCUT2D eigenvalue weighted by Gasteiger charge is 2.14. The lowest BCUT2D eigenvalue weighted by atomic mass is 10.1. The van der Waals surface area contributed by atoms with Gasteiger partial charge < -0.3 is 30.2 Å². The maximum absolute atomic E-state index is 12.8. The van der Waals surface area contributed by atoms with Crippen molar-refractivity contribution < 1.29 is 28.6 Å². The summed E-state index contributed by atoms with van der Waals surface area (Å²) in [4.78, 5) is 36.4. The molecule has 0 saturated carbocycles. The van der Waals surface area contributed by atoms with Crippen molar-refractivity contribution in [3.05, 3.63) is 54.1 Å². The number of para-hydroxylation sites is 1. The van der Waals surface area contributed by atoms with Gasteiger partial charge in [0.25, 0.3) is 5.91 Å². The predicted octanol–water partition coefficient (Wildman–Crippen LogP) is 3.12. The van der Waals surface area contributed by atoms with Gasteiger partial charge in [0, 0.05) is 19.2 Å². The van der Waals surface area contributed by atoms with Gasteiger partial charge in [-0.25, -0.2) is 0 Å². The second-order valence-corrected chi connectivity index (χ2v) is 7.08. The number of hydrogen-bond acceptors (Lipinski definition) is 7. The van der Waals surface area contributed by atoms with E-state index in [0.29, 0.717) is 29.3 Å². The summed E-state index contributed by atoms with van der Waals surface area (Å²) in [7, 11) is 1.50. The second-order valence-electron chi connectivity index (χ2n) is 6.67. The Morgan fingerprint density at radius 2 is 1.67 bits per heavy atom. The first-order valence-electron chi connectivity index (χ1n) is 10.3. The van der Waals surface area contributed by atoms with Gasteiger partial charge in [-0.3, -0.25) is 14.4 Å². The van der Waals surface area contributed by atoms with E-state index in [4.69, 9.17) is 26.4 Å². The Morgan fingerprint density at radius 1 is 0.939 bits per heavy atom. The molecule has 0 fully saturated rings. The number of benzene rings is 2. The van der Waals surface area contributed by atoms with Crippen molar-refractivity contribution in [1.29, 1.82) is 0 Å². The third-order valence-corrected chi connectivity index (χ3v) is 4.41. The monoisotopic (exact) mass is 473 g/mol. The molecule has 0 bridgehead atoms. The number of carbonyl (C=O) groups is 3. The predicted molar refractivity (Wildman–Crippen MR) is 128 cm³/mol. The minimum Gasteiger partial charge on any atom is -0.494 e. The van der Waals surface area contributed by atoms with Crippen LogP contribution in [0.4, 0.5) is 11.4 Å². The summed E-state index contributed by atoms with van der Waals surface area (Å²) in [5, 5.41) is 8.16. The number of nitrogens with one attached hydrogen (secondary N) is 3. The van der Waals surface area contributed by atoms with Crippen molar-refractivity contribution >= 4 is 46.5 Å². The summed E-state index contributed by atoms with van der Waals surface area (Å²) in [6.45, 7) is 2.87. The van der Waals surface area contributed by atoms with Crippen molar-refractivity contribution in [2.75, 3.05) is 37.6 Å². The molecule has 2 aromatic carbocycles. The number of esters is 1. The zero-order chi connectivity index (χ0) is 24.1. The topological polar surface area (TPSA) is 115 Å². The number of rotatable bonds is 11. The molecule has 2 amide bonds. The van der Waals surface area contributed by atoms with E-state index in [1.165, 1.54) is 7.11 Å². The van der Waals surface area contributed by atoms with Crippen LogP contribution < -0.4 is 20.7 Å². The van der Waals surface area contributed by atoms with E-state index in [1.807, 2.05) is 6.92 Å². The Bertz CT molecular complexity index is 965. The van der Waals surface area contributed by atoms with Crippen molar-refractivity contribution in [2.45, 2.75) is 19.8 Å². The molecule has 9 nitrogen and oxygen atoms in total. The van der Waals surface area contributed by atoms with Crippen LogP contribution >= 0.6 is 12.2 Å². The average Bonchev–Trinajstić information content (AvgIpc) is 2.79. The molecule has 176 valence electrons. The van der Waals surface area contributed by atoms with E-state index in [1.54, 1.807) is 48.5 Å². The van der Waals surface area contributed by atoms with Crippen LogP contribution in [0.1, 0.15) is 30.1 Å². The number of thiocarbonyl (C=S) groups is 1. The molecule has 0 aromatic heterocycles. The molecule has 3 N–H and O–H groups in total. The van der Waals surface area contributed by atoms with Gasteiger partial charge in [-0.1, -0.05) is 12.1 Å². The first-order valence-corrected chi connectivity index (χ1v) is 10.7. The van der Waals surface area contributed by atoms with E-state index < -0.39 is 11.9 Å². The van der Waals surface area contributed by atoms with Crippen LogP contribution in [0.5, 0.6) is 5.75 Å². The number of amides is 2. The quantitative estimate of drug-likeness (QED) is 0.259. The van der Waals surface area contributed by atoms with Crippen LogP contribution in [0.3, 0.4) is 0 Å². The van der Waals surface area contributed by atoms with Gasteiger partial charge in [0.2, 0.25) is 5.91 Å². The number of ether oxygens (including phenoxy) is 3. The van der Waals surface area contributed by atoms with Gasteiger partial charge in [-0.05, 0) is 55.5 Å². The average molecular weight is 474 g/mol. The van der Waals surface area contributed by atoms with Gasteiger partial charge in [-0.2, -0.15) is 0 Å². The molecule has 0 aliphatic rings. The summed E-state index contributed by atoms with van der Waals surface area (Å²) >= 11 is 5.17. The van der Waals surface area contributed by atoms with Crippen molar-refractivity contribution in [2.24, 2.45) is 0 Å². The summed E-state index contributed by atoms with van der Waals surface area (Å²) in [5.74, 6) is -0.595. The molecule has 0 atom stereocenters. The molecule has 33 heavy (non-hydrogen) atoms. The lowest BCUT2D eigenvalue weighted by Crippen LogP contribution is -2.35. The highest BCUT2D eigenvalue weighted by Crippen LogP contribution is 2.19. The second kappa shape index (κ2) is 13.8. The van der Waals surface area contributed by atoms with E-state index in [2.05, 4.69) is 16.0 Å². The highest BCUT2D eigenvalue weighted by molar-refractivity contribution is 7.80. The highest BCUT2D eigenvalue weighted by atomic mass is 32.1. The summed E-state index contributed by atoms with van der Waals surface area (Å²) in [6, 6.07) is 13.8. The minimum atomic E-state index is -0.502. The van der Waals surface area contributed by atoms with E-state index >= 15 is 0 Å². The van der Waals surface area contributed by atoms with Crippen LogP contribution in [0.2, 0.25) is 0 Å². The Morgan fingerprint density at radius 3 is 2.36 bits per heavy atom. The minimum absolute atomic E-state index is 0.00840. The molecule has 0 radical (unpaired) electrons. The van der Waals surface area contributed by atoms with Gasteiger partial charge in [0.1, 0.15) is 12.4 Å². The van der Waals surface area contributed by atoms with E-state index in [0.717, 1.165) is 0 Å². The SMILES string of the molecule is CCOc1ccc(NC(=O)c2ccccc2NC(=S)NC(=O)CCC(=O)OCCOC)cc1. The third kappa shape index (κ3) is 9.26. The zero-order valence-corrected chi connectivity index (χ0v) is 19.3. The maximum atomic E-state index is 12.8. The summed E-state index contributed by atoms with van der Waals surface area (Å²) in [5.41, 5.74) is 1.36. The lowest BCUT2D eigenvalue weighted by molar-refractivity contribution is -0.146. The first-order chi connectivity index (χ1) is 15.9. The standard InChI is InChI=1S/C23H27N3O6S/c1-3-31-17-10-8-16(9-11-17)24-22(29)18-6-4-5-7-19(18)25-23(33)26-20(27)12-13-21(28)32-15-14-30-2/h4-11H,3,12-15H2,1-2H3,(H,24,29)(H2,25,26,27,33). The maximum Gasteiger partial charge on any atom is 0.306 e. The van der Waals surface area contributed by atoms with Gasteiger partial charge in [0.05, 0.1) is 30.9 Å². The van der Waals surface area contributed by atoms with Crippen LogP contribution in [-0.4, -0.2) is 49.8 Å². The molecular formula is C23H27N3O6S. The molecule has 0 heterocycles. The normalized spacial score (nSPS) is 10.1. The zero-order valence-electron chi connectivity index (χ0n) is 18.5. The smallest absolute Gasteiger partial charge is 0.306 e. The molecular weight excluding hydrogens is 446 g/mol. The van der Waals surface area contributed by atoms with Crippen LogP contribution in [0.25, 0.3) is 0 Å². The fourth-order valence-corrected chi connectivity index (χ4v) is 2.88. The Hall–Kier alpha value is -3.50. The van der Waals surface area contributed by atoms with Crippen LogP contribution in [-0.2, 0) is 19.1 Å². The molecule has 0 spiro atoms. The van der Waals surface area contributed by atoms with Crippen molar-refractivity contribution in [3.8, 4) is 5.75 Å². The van der Waals surface area contributed by atoms with Crippen molar-refractivity contribution in [3.63, 3.8) is 0 Å². The van der Waals surface area contributed by atoms with Gasteiger partial charge in [-0.15, -0.1) is 0 Å². The van der Waals surface area contributed by atoms with Gasteiger partial charge in [0.15, 0.2) is 5.11 Å². The number of anilines is 2. The molecule has 0 aliphatic carbocycles. The molecule has 0 unspecified atom stereocenters. The van der Waals surface area contributed by atoms with Crippen molar-refractivity contribution in [1.82, 2.24) is 5.32 Å². The van der Waals surface area contributed by atoms with E-state index in [-0.39, 0.29) is 37.1 Å². The molecule has 0 saturated heterocycles. The fraction of sp³-hybridized carbons (Fsp3) is 0.304. The summed E-state index contributed by atoms with van der Waals surface area (Å²) in [6.07, 6.45) is -0.174. The molecule has 10 heteroatoms. The van der Waals surface area contributed by atoms with E-state index in [9.17, 15) is 14.4 Å². The lowest BCUT2D eigenvalue weighted by Gasteiger charge is -2.14. The Labute approximate surface area is 197 Å². The number of methoxy groups -OCH3 is 1. The first kappa shape index (κ1) is 25.8. The largest absolute Gasteiger partial charge is 0.494 e. The van der Waals surface area contributed by atoms with Crippen LogP contribution in [0.15, 0.2) is 48.5 Å². The third-order valence-electron chi connectivity index (χ3n) is 4.20. The molecule has 2 aromatic rings. The van der Waals surface area contributed by atoms with Gasteiger partial charge >= 0.3 is 5.97 Å². The molecule has 2 rings (SSSR count). The number of hydrogen-bond donors (Lipinski definition) is 3. The summed E-state index contributed by atoms with van der Waals surface area (Å²) < 4.78 is 15.1. The number of carbonyl (C=O) groups excluding carboxylic acids is 3. The van der Waals surface area contributed by atoms with Crippen LogP contribution in [0, 0.1) is 0 Å².